The number of piperazine rings is 1. The van der Waals surface area contributed by atoms with E-state index >= 15 is 0 Å². The zero-order chi connectivity index (χ0) is 16.9. The van der Waals surface area contributed by atoms with Gasteiger partial charge in [0.05, 0.1) is 12.2 Å². The van der Waals surface area contributed by atoms with Crippen LogP contribution >= 0.6 is 24.0 Å². The zero-order valence-corrected chi connectivity index (χ0v) is 16.9. The first-order valence-electron chi connectivity index (χ1n) is 8.10. The maximum absolute atomic E-state index is 13.9. The largest absolute Gasteiger partial charge is 0.366 e. The van der Waals surface area contributed by atoms with E-state index in [0.717, 1.165) is 38.0 Å². The molecule has 136 valence electrons. The van der Waals surface area contributed by atoms with Crippen LogP contribution in [0.3, 0.4) is 0 Å². The number of hydrogen-bond donors (Lipinski definition) is 1. The number of aryl methyl sites for hydroxylation is 1. The smallest absolute Gasteiger partial charge is 0.194 e. The molecule has 1 aromatic heterocycles. The van der Waals surface area contributed by atoms with Crippen molar-refractivity contribution >= 4 is 35.6 Å². The molecule has 1 fully saturated rings. The third-order valence-electron chi connectivity index (χ3n) is 4.31. The first-order chi connectivity index (χ1) is 11.7. The van der Waals surface area contributed by atoms with Crippen molar-refractivity contribution in [3.05, 3.63) is 48.3 Å². The Morgan fingerprint density at radius 2 is 1.96 bits per heavy atom. The molecule has 0 radical (unpaired) electrons. The van der Waals surface area contributed by atoms with Gasteiger partial charge in [0.1, 0.15) is 11.6 Å². The molecule has 1 aliphatic heterocycles. The van der Waals surface area contributed by atoms with Gasteiger partial charge in [-0.3, -0.25) is 4.99 Å². The summed E-state index contributed by atoms with van der Waals surface area (Å²) < 4.78 is 15.9. The first kappa shape index (κ1) is 19.5. The molecule has 25 heavy (non-hydrogen) atoms. The average molecular weight is 458 g/mol. The predicted octanol–water partition coefficient (Wildman–Crippen LogP) is 2.07. The number of anilines is 1. The summed E-state index contributed by atoms with van der Waals surface area (Å²) in [5, 5.41) is 3.35. The lowest BCUT2D eigenvalue weighted by Crippen LogP contribution is -2.52. The van der Waals surface area contributed by atoms with Crippen LogP contribution in [0.5, 0.6) is 0 Å². The molecule has 0 aliphatic carbocycles. The van der Waals surface area contributed by atoms with Crippen molar-refractivity contribution in [1.82, 2.24) is 19.8 Å². The van der Waals surface area contributed by atoms with Crippen molar-refractivity contribution in [3.63, 3.8) is 0 Å². The monoisotopic (exact) mass is 458 g/mol. The van der Waals surface area contributed by atoms with Gasteiger partial charge in [0.15, 0.2) is 5.96 Å². The fourth-order valence-corrected chi connectivity index (χ4v) is 2.92. The molecule has 0 unspecified atom stereocenters. The van der Waals surface area contributed by atoms with Crippen LogP contribution < -0.4 is 10.2 Å². The molecule has 8 heteroatoms. The summed E-state index contributed by atoms with van der Waals surface area (Å²) in [5.41, 5.74) is 0.674. The van der Waals surface area contributed by atoms with E-state index in [1.165, 1.54) is 6.07 Å². The number of guanidine groups is 1. The Kier molecular flexibility index (Phi) is 7.03. The molecule has 0 spiro atoms. The van der Waals surface area contributed by atoms with Crippen LogP contribution in [-0.4, -0.2) is 53.6 Å². The van der Waals surface area contributed by atoms with Gasteiger partial charge in [-0.15, -0.1) is 24.0 Å². The molecular weight excluding hydrogens is 434 g/mol. The number of benzene rings is 1. The van der Waals surface area contributed by atoms with Crippen molar-refractivity contribution in [2.45, 2.75) is 6.54 Å². The summed E-state index contributed by atoms with van der Waals surface area (Å²) >= 11 is 0. The van der Waals surface area contributed by atoms with Gasteiger partial charge >= 0.3 is 0 Å². The van der Waals surface area contributed by atoms with Crippen LogP contribution in [-0.2, 0) is 13.6 Å². The Morgan fingerprint density at radius 1 is 1.24 bits per heavy atom. The summed E-state index contributed by atoms with van der Waals surface area (Å²) in [6.45, 7) is 3.76. The second kappa shape index (κ2) is 9.02. The molecule has 0 bridgehead atoms. The normalized spacial score (nSPS) is 15.1. The van der Waals surface area contributed by atoms with Crippen LogP contribution in [0.25, 0.3) is 0 Å². The molecule has 1 saturated heterocycles. The highest BCUT2D eigenvalue weighted by molar-refractivity contribution is 14.0. The standard InChI is InChI=1S/C17H23FN6.HI/c1-19-17(21-13-16-20-7-8-22(16)2)24-11-9-23(10-12-24)15-6-4-3-5-14(15)18;/h3-8H,9-13H2,1-2H3,(H,19,21);1H. The highest BCUT2D eigenvalue weighted by atomic mass is 127. The van der Waals surface area contributed by atoms with E-state index in [-0.39, 0.29) is 29.8 Å². The van der Waals surface area contributed by atoms with E-state index in [4.69, 9.17) is 0 Å². The fraction of sp³-hybridized carbons (Fsp3) is 0.412. The number of imidazole rings is 1. The maximum atomic E-state index is 13.9. The Hall–Kier alpha value is -1.84. The second-order valence-electron chi connectivity index (χ2n) is 5.78. The lowest BCUT2D eigenvalue weighted by atomic mass is 10.2. The molecule has 6 nitrogen and oxygen atoms in total. The number of rotatable bonds is 3. The topological polar surface area (TPSA) is 48.7 Å². The third kappa shape index (κ3) is 4.62. The van der Waals surface area contributed by atoms with Crippen molar-refractivity contribution in [1.29, 1.82) is 0 Å². The number of aromatic nitrogens is 2. The summed E-state index contributed by atoms with van der Waals surface area (Å²) in [6.07, 6.45) is 3.71. The molecule has 3 rings (SSSR count). The molecule has 2 aromatic rings. The molecule has 0 amide bonds. The van der Waals surface area contributed by atoms with Crippen LogP contribution in [0.1, 0.15) is 5.82 Å². The summed E-state index contributed by atoms with van der Waals surface area (Å²) in [6, 6.07) is 6.94. The maximum Gasteiger partial charge on any atom is 0.194 e. The Bertz CT molecular complexity index is 709. The molecular formula is C17H24FIN6. The lowest BCUT2D eigenvalue weighted by Gasteiger charge is -2.37. The van der Waals surface area contributed by atoms with Crippen molar-refractivity contribution < 1.29 is 4.39 Å². The Labute approximate surface area is 164 Å². The number of para-hydroxylation sites is 1. The minimum atomic E-state index is -0.164. The summed E-state index contributed by atoms with van der Waals surface area (Å²) in [5.74, 6) is 1.65. The molecule has 1 aromatic carbocycles. The Balaban J connectivity index is 0.00000225. The van der Waals surface area contributed by atoms with Crippen LogP contribution in [0, 0.1) is 5.82 Å². The number of aliphatic imine (C=N–C) groups is 1. The minimum Gasteiger partial charge on any atom is -0.366 e. The summed E-state index contributed by atoms with van der Waals surface area (Å²) in [4.78, 5) is 12.9. The van der Waals surface area contributed by atoms with E-state index in [9.17, 15) is 4.39 Å². The van der Waals surface area contributed by atoms with Gasteiger partial charge in [-0.25, -0.2) is 9.37 Å². The molecule has 1 N–H and O–H groups in total. The first-order valence-corrected chi connectivity index (χ1v) is 8.10. The molecule has 0 saturated carbocycles. The van der Waals surface area contributed by atoms with Gasteiger partial charge in [0.2, 0.25) is 0 Å². The van der Waals surface area contributed by atoms with Crippen molar-refractivity contribution in [2.24, 2.45) is 12.0 Å². The van der Waals surface area contributed by atoms with Gasteiger partial charge < -0.3 is 19.7 Å². The lowest BCUT2D eigenvalue weighted by molar-refractivity contribution is 0.370. The van der Waals surface area contributed by atoms with E-state index in [1.54, 1.807) is 19.3 Å². The zero-order valence-electron chi connectivity index (χ0n) is 14.5. The number of halogens is 2. The second-order valence-corrected chi connectivity index (χ2v) is 5.78. The van der Waals surface area contributed by atoms with Gasteiger partial charge in [0, 0.05) is 52.7 Å². The molecule has 0 atom stereocenters. The highest BCUT2D eigenvalue weighted by Gasteiger charge is 2.21. The van der Waals surface area contributed by atoms with Gasteiger partial charge in [0.25, 0.3) is 0 Å². The van der Waals surface area contributed by atoms with E-state index in [2.05, 4.69) is 25.1 Å². The molecule has 2 heterocycles. The Morgan fingerprint density at radius 3 is 2.56 bits per heavy atom. The van der Waals surface area contributed by atoms with Gasteiger partial charge in [-0.1, -0.05) is 12.1 Å². The number of nitrogens with one attached hydrogen (secondary N) is 1. The minimum absolute atomic E-state index is 0. The van der Waals surface area contributed by atoms with Crippen LogP contribution in [0.2, 0.25) is 0 Å². The van der Waals surface area contributed by atoms with E-state index < -0.39 is 0 Å². The third-order valence-corrected chi connectivity index (χ3v) is 4.31. The van der Waals surface area contributed by atoms with Crippen molar-refractivity contribution in [3.8, 4) is 0 Å². The number of nitrogens with zero attached hydrogens (tertiary/aromatic N) is 5. The van der Waals surface area contributed by atoms with Gasteiger partial charge in [-0.2, -0.15) is 0 Å². The molecule has 1 aliphatic rings. The number of hydrogen-bond acceptors (Lipinski definition) is 3. The quantitative estimate of drug-likeness (QED) is 0.435. The van der Waals surface area contributed by atoms with Crippen LogP contribution in [0.4, 0.5) is 10.1 Å². The fourth-order valence-electron chi connectivity index (χ4n) is 2.92. The van der Waals surface area contributed by atoms with Gasteiger partial charge in [-0.05, 0) is 12.1 Å². The SMILES string of the molecule is CN=C(NCc1nccn1C)N1CCN(c2ccccc2F)CC1.I. The van der Waals surface area contributed by atoms with Crippen LogP contribution in [0.15, 0.2) is 41.7 Å². The highest BCUT2D eigenvalue weighted by Crippen LogP contribution is 2.20. The average Bonchev–Trinajstić information content (AvgIpc) is 3.02. The van der Waals surface area contributed by atoms with E-state index in [0.29, 0.717) is 12.2 Å². The van der Waals surface area contributed by atoms with E-state index in [1.807, 2.05) is 29.9 Å². The summed E-state index contributed by atoms with van der Waals surface area (Å²) in [7, 11) is 3.75. The predicted molar refractivity (Wildman–Crippen MR) is 109 cm³/mol. The van der Waals surface area contributed by atoms with Crippen molar-refractivity contribution in [2.75, 3.05) is 38.1 Å².